The highest BCUT2D eigenvalue weighted by Crippen LogP contribution is 2.24. The van der Waals surface area contributed by atoms with E-state index in [9.17, 15) is 9.90 Å². The largest absolute Gasteiger partial charge is 0.478 e. The van der Waals surface area contributed by atoms with E-state index in [4.69, 9.17) is 11.6 Å². The highest BCUT2D eigenvalue weighted by atomic mass is 35.5. The number of carboxylic acids is 1. The first-order valence-electron chi connectivity index (χ1n) is 7.69. The average Bonchev–Trinajstić information content (AvgIpc) is 3.08. The van der Waals surface area contributed by atoms with E-state index in [-0.39, 0.29) is 5.57 Å². The zero-order valence-corrected chi connectivity index (χ0v) is 13.5. The van der Waals surface area contributed by atoms with Gasteiger partial charge >= 0.3 is 5.97 Å². The van der Waals surface area contributed by atoms with E-state index in [1.54, 1.807) is 30.3 Å². The molecule has 2 aromatic carbocycles. The van der Waals surface area contributed by atoms with Crippen molar-refractivity contribution in [1.29, 1.82) is 0 Å². The van der Waals surface area contributed by atoms with Gasteiger partial charge in [-0.05, 0) is 54.3 Å². The molecule has 1 saturated heterocycles. The van der Waals surface area contributed by atoms with E-state index in [1.165, 1.54) is 18.5 Å². The van der Waals surface area contributed by atoms with E-state index >= 15 is 0 Å². The molecule has 23 heavy (non-hydrogen) atoms. The third-order valence-electron chi connectivity index (χ3n) is 4.06. The maximum absolute atomic E-state index is 11.6. The van der Waals surface area contributed by atoms with Gasteiger partial charge in [-0.15, -0.1) is 0 Å². The second-order valence-corrected chi connectivity index (χ2v) is 6.09. The summed E-state index contributed by atoms with van der Waals surface area (Å²) >= 11 is 5.86. The van der Waals surface area contributed by atoms with Crippen molar-refractivity contribution in [3.05, 3.63) is 64.7 Å². The lowest BCUT2D eigenvalue weighted by atomic mass is 10.0. The predicted molar refractivity (Wildman–Crippen MR) is 94.8 cm³/mol. The van der Waals surface area contributed by atoms with Crippen LogP contribution in [0.25, 0.3) is 11.6 Å². The van der Waals surface area contributed by atoms with Gasteiger partial charge in [0.25, 0.3) is 0 Å². The minimum atomic E-state index is -0.948. The van der Waals surface area contributed by atoms with Gasteiger partial charge in [-0.3, -0.25) is 0 Å². The molecule has 1 N–H and O–H groups in total. The number of carbonyl (C=O) groups is 1. The van der Waals surface area contributed by atoms with Gasteiger partial charge in [0.15, 0.2) is 0 Å². The normalized spacial score (nSPS) is 15.0. The number of halogens is 1. The molecule has 0 radical (unpaired) electrons. The fourth-order valence-electron chi connectivity index (χ4n) is 2.82. The number of anilines is 1. The Hall–Kier alpha value is -2.26. The lowest BCUT2D eigenvalue weighted by Gasteiger charge is -2.17. The molecule has 1 aliphatic heterocycles. The summed E-state index contributed by atoms with van der Waals surface area (Å²) in [6, 6.07) is 14.9. The third-order valence-corrected chi connectivity index (χ3v) is 4.31. The lowest BCUT2D eigenvalue weighted by molar-refractivity contribution is -0.130. The molecule has 0 aliphatic carbocycles. The van der Waals surface area contributed by atoms with Crippen LogP contribution >= 0.6 is 11.6 Å². The molecule has 0 bridgehead atoms. The van der Waals surface area contributed by atoms with Gasteiger partial charge in [0, 0.05) is 23.8 Å². The SMILES string of the molecule is O=C(O)/C(=C\c1ccc(N2CCCC2)cc1)c1ccc(Cl)cc1. The molecule has 0 amide bonds. The summed E-state index contributed by atoms with van der Waals surface area (Å²) in [4.78, 5) is 13.9. The summed E-state index contributed by atoms with van der Waals surface area (Å²) in [5.74, 6) is -0.948. The van der Waals surface area contributed by atoms with Crippen molar-refractivity contribution in [3.8, 4) is 0 Å². The Bertz CT molecular complexity index is 714. The van der Waals surface area contributed by atoms with Gasteiger partial charge in [0.2, 0.25) is 0 Å². The van der Waals surface area contributed by atoms with E-state index in [0.29, 0.717) is 10.6 Å². The van der Waals surface area contributed by atoms with Gasteiger partial charge in [-0.25, -0.2) is 4.79 Å². The number of benzene rings is 2. The summed E-state index contributed by atoms with van der Waals surface area (Å²) in [6.07, 6.45) is 4.17. The molecule has 0 unspecified atom stereocenters. The number of hydrogen-bond acceptors (Lipinski definition) is 2. The summed E-state index contributed by atoms with van der Waals surface area (Å²) in [5.41, 5.74) is 2.98. The minimum Gasteiger partial charge on any atom is -0.478 e. The molecular weight excluding hydrogens is 310 g/mol. The zero-order chi connectivity index (χ0) is 16.2. The molecule has 3 rings (SSSR count). The summed E-state index contributed by atoms with van der Waals surface area (Å²) < 4.78 is 0. The van der Waals surface area contributed by atoms with E-state index in [2.05, 4.69) is 17.0 Å². The first-order valence-corrected chi connectivity index (χ1v) is 8.07. The quantitative estimate of drug-likeness (QED) is 0.660. The van der Waals surface area contributed by atoms with Gasteiger partial charge < -0.3 is 10.0 Å². The summed E-state index contributed by atoms with van der Waals surface area (Å²) in [6.45, 7) is 2.20. The Labute approximate surface area is 140 Å². The second kappa shape index (κ2) is 6.88. The highest BCUT2D eigenvalue weighted by molar-refractivity contribution is 6.30. The van der Waals surface area contributed by atoms with Crippen molar-refractivity contribution in [1.82, 2.24) is 0 Å². The van der Waals surface area contributed by atoms with Crippen LogP contribution in [0.4, 0.5) is 5.69 Å². The van der Waals surface area contributed by atoms with Crippen LogP contribution in [-0.4, -0.2) is 24.2 Å². The molecule has 3 nitrogen and oxygen atoms in total. The summed E-state index contributed by atoms with van der Waals surface area (Å²) in [5, 5.41) is 10.1. The van der Waals surface area contributed by atoms with Crippen molar-refractivity contribution in [3.63, 3.8) is 0 Å². The van der Waals surface area contributed by atoms with Crippen molar-refractivity contribution < 1.29 is 9.90 Å². The molecule has 118 valence electrons. The number of carboxylic acid groups (broad SMARTS) is 1. The molecular formula is C19H18ClNO2. The van der Waals surface area contributed by atoms with Crippen LogP contribution in [-0.2, 0) is 4.79 Å². The van der Waals surface area contributed by atoms with E-state index in [0.717, 1.165) is 18.7 Å². The van der Waals surface area contributed by atoms with Crippen LogP contribution in [0.15, 0.2) is 48.5 Å². The van der Waals surface area contributed by atoms with Gasteiger partial charge in [0.05, 0.1) is 5.57 Å². The monoisotopic (exact) mass is 327 g/mol. The number of nitrogens with zero attached hydrogens (tertiary/aromatic N) is 1. The van der Waals surface area contributed by atoms with Crippen LogP contribution < -0.4 is 4.90 Å². The van der Waals surface area contributed by atoms with E-state index in [1.807, 2.05) is 12.1 Å². The topological polar surface area (TPSA) is 40.5 Å². The predicted octanol–water partition coefficient (Wildman–Crippen LogP) is 4.57. The van der Waals surface area contributed by atoms with Gasteiger partial charge in [0.1, 0.15) is 0 Å². The molecule has 0 aromatic heterocycles. The molecule has 0 spiro atoms. The molecule has 1 aliphatic rings. The Morgan fingerprint density at radius 1 is 1.00 bits per heavy atom. The van der Waals surface area contributed by atoms with Crippen molar-refractivity contribution >= 4 is 34.9 Å². The first-order chi connectivity index (χ1) is 11.1. The number of rotatable bonds is 4. The van der Waals surface area contributed by atoms with Crippen LogP contribution in [0, 0.1) is 0 Å². The first kappa shape index (κ1) is 15.6. The molecule has 4 heteroatoms. The van der Waals surface area contributed by atoms with Crippen LogP contribution in [0.3, 0.4) is 0 Å². The third kappa shape index (κ3) is 3.74. The standard InChI is InChI=1S/C19H18ClNO2/c20-16-7-5-15(6-8-16)18(19(22)23)13-14-3-9-17(10-4-14)21-11-1-2-12-21/h3-10,13H,1-2,11-12H2,(H,22,23)/b18-13-. The van der Waals surface area contributed by atoms with E-state index < -0.39 is 5.97 Å². The van der Waals surface area contributed by atoms with Crippen molar-refractivity contribution in [2.75, 3.05) is 18.0 Å². The Morgan fingerprint density at radius 2 is 1.61 bits per heavy atom. The van der Waals surface area contributed by atoms with Crippen LogP contribution in [0.2, 0.25) is 5.02 Å². The molecule has 0 saturated carbocycles. The number of hydrogen-bond donors (Lipinski definition) is 1. The number of aliphatic carboxylic acids is 1. The van der Waals surface area contributed by atoms with Gasteiger partial charge in [-0.1, -0.05) is 35.9 Å². The fraction of sp³-hybridized carbons (Fsp3) is 0.211. The van der Waals surface area contributed by atoms with Crippen molar-refractivity contribution in [2.45, 2.75) is 12.8 Å². The Balaban J connectivity index is 1.87. The smallest absolute Gasteiger partial charge is 0.336 e. The highest BCUT2D eigenvalue weighted by Gasteiger charge is 2.13. The molecule has 1 heterocycles. The van der Waals surface area contributed by atoms with Crippen LogP contribution in [0.1, 0.15) is 24.0 Å². The fourth-order valence-corrected chi connectivity index (χ4v) is 2.95. The average molecular weight is 328 g/mol. The Morgan fingerprint density at radius 3 is 2.17 bits per heavy atom. The maximum atomic E-state index is 11.6. The lowest BCUT2D eigenvalue weighted by Crippen LogP contribution is -2.17. The minimum absolute atomic E-state index is 0.260. The zero-order valence-electron chi connectivity index (χ0n) is 12.7. The molecule has 2 aromatic rings. The summed E-state index contributed by atoms with van der Waals surface area (Å²) in [7, 11) is 0. The van der Waals surface area contributed by atoms with Gasteiger partial charge in [-0.2, -0.15) is 0 Å². The molecule has 1 fully saturated rings. The second-order valence-electron chi connectivity index (χ2n) is 5.66. The van der Waals surface area contributed by atoms with Crippen LogP contribution in [0.5, 0.6) is 0 Å². The Kier molecular flexibility index (Phi) is 4.68. The maximum Gasteiger partial charge on any atom is 0.336 e. The van der Waals surface area contributed by atoms with Crippen molar-refractivity contribution in [2.24, 2.45) is 0 Å². The molecule has 0 atom stereocenters.